The van der Waals surface area contributed by atoms with Crippen LogP contribution in [0.15, 0.2) is 54.6 Å². The molecule has 0 amide bonds. The monoisotopic (exact) mass is 322 g/mol. The van der Waals surface area contributed by atoms with E-state index in [0.717, 1.165) is 11.1 Å². The van der Waals surface area contributed by atoms with Crippen LogP contribution in [0.5, 0.6) is 0 Å². The van der Waals surface area contributed by atoms with Crippen molar-refractivity contribution < 1.29 is 9.90 Å². The fraction of sp³-hybridized carbons (Fsp3) is 0.409. The maximum Gasteiger partial charge on any atom is 0.153 e. The van der Waals surface area contributed by atoms with Crippen LogP contribution in [0.3, 0.4) is 0 Å². The number of benzene rings is 2. The van der Waals surface area contributed by atoms with Gasteiger partial charge in [0.05, 0.1) is 0 Å². The largest absolute Gasteiger partial charge is 0.381 e. The smallest absolute Gasteiger partial charge is 0.153 e. The average molecular weight is 322 g/mol. The van der Waals surface area contributed by atoms with Gasteiger partial charge in [-0.05, 0) is 34.9 Å². The van der Waals surface area contributed by atoms with Gasteiger partial charge in [0.1, 0.15) is 6.10 Å². The summed E-state index contributed by atoms with van der Waals surface area (Å²) in [6.07, 6.45) is 4.60. The standard InChI is InChI=1S/C22H26O2/c1-16-9-5-6-12-18(16)22(17-10-3-2-4-11-17)20-14-8-7-13-19(20)21(24)15-23/h2-4,7-8,10-11,13-16,18,21-22,24H,5-6,9,12H2,1H3. The third-order valence-electron chi connectivity index (χ3n) is 5.54. The van der Waals surface area contributed by atoms with Crippen molar-refractivity contribution in [1.82, 2.24) is 0 Å². The molecule has 2 aromatic carbocycles. The Balaban J connectivity index is 2.10. The maximum atomic E-state index is 11.2. The minimum absolute atomic E-state index is 0.229. The van der Waals surface area contributed by atoms with Crippen molar-refractivity contribution in [1.29, 1.82) is 0 Å². The SMILES string of the molecule is CC1CCCCC1C(c1ccccc1)c1ccccc1C(O)C=O. The summed E-state index contributed by atoms with van der Waals surface area (Å²) in [5.41, 5.74) is 3.13. The van der Waals surface area contributed by atoms with Gasteiger partial charge in [-0.3, -0.25) is 0 Å². The van der Waals surface area contributed by atoms with Crippen molar-refractivity contribution >= 4 is 6.29 Å². The Hall–Kier alpha value is -1.93. The molecule has 4 atom stereocenters. The van der Waals surface area contributed by atoms with E-state index in [1.54, 1.807) is 0 Å². The quantitative estimate of drug-likeness (QED) is 0.797. The number of aldehydes is 1. The van der Waals surface area contributed by atoms with Crippen LogP contribution in [0.1, 0.15) is 61.3 Å². The zero-order valence-corrected chi connectivity index (χ0v) is 14.3. The summed E-state index contributed by atoms with van der Waals surface area (Å²) in [5, 5.41) is 10.2. The first kappa shape index (κ1) is 16.9. The lowest BCUT2D eigenvalue weighted by Gasteiger charge is -2.37. The molecule has 0 bridgehead atoms. The molecule has 3 rings (SSSR count). The van der Waals surface area contributed by atoms with Crippen molar-refractivity contribution in [3.05, 3.63) is 71.3 Å². The normalized spacial score (nSPS) is 23.4. The van der Waals surface area contributed by atoms with Gasteiger partial charge in [0.25, 0.3) is 0 Å². The first-order chi connectivity index (χ1) is 11.7. The Kier molecular flexibility index (Phi) is 5.47. The molecule has 1 N–H and O–H groups in total. The van der Waals surface area contributed by atoms with Crippen LogP contribution in [0, 0.1) is 11.8 Å². The second kappa shape index (κ2) is 7.76. The van der Waals surface area contributed by atoms with E-state index >= 15 is 0 Å². The van der Waals surface area contributed by atoms with Gasteiger partial charge < -0.3 is 9.90 Å². The second-order valence-electron chi connectivity index (χ2n) is 7.02. The second-order valence-corrected chi connectivity index (χ2v) is 7.02. The number of carbonyl (C=O) groups is 1. The van der Waals surface area contributed by atoms with Gasteiger partial charge in [-0.15, -0.1) is 0 Å². The lowest BCUT2D eigenvalue weighted by molar-refractivity contribution is -0.115. The Morgan fingerprint density at radius 2 is 1.58 bits per heavy atom. The summed E-state index contributed by atoms with van der Waals surface area (Å²) in [6, 6.07) is 18.4. The van der Waals surface area contributed by atoms with Crippen LogP contribution in [0.25, 0.3) is 0 Å². The molecule has 2 aromatic rings. The summed E-state index contributed by atoms with van der Waals surface area (Å²) < 4.78 is 0. The predicted octanol–water partition coefficient (Wildman–Crippen LogP) is 4.88. The predicted molar refractivity (Wildman–Crippen MR) is 96.9 cm³/mol. The van der Waals surface area contributed by atoms with Gasteiger partial charge in [0.2, 0.25) is 0 Å². The number of hydrogen-bond acceptors (Lipinski definition) is 2. The first-order valence-corrected chi connectivity index (χ1v) is 8.99. The lowest BCUT2D eigenvalue weighted by Crippen LogP contribution is -2.26. The van der Waals surface area contributed by atoms with E-state index in [1.807, 2.05) is 24.3 Å². The van der Waals surface area contributed by atoms with Gasteiger partial charge >= 0.3 is 0 Å². The van der Waals surface area contributed by atoms with E-state index in [2.05, 4.69) is 37.3 Å². The maximum absolute atomic E-state index is 11.2. The zero-order chi connectivity index (χ0) is 16.9. The van der Waals surface area contributed by atoms with E-state index < -0.39 is 6.10 Å². The molecular weight excluding hydrogens is 296 g/mol. The minimum Gasteiger partial charge on any atom is -0.381 e. The van der Waals surface area contributed by atoms with Gasteiger partial charge in [-0.1, -0.05) is 80.8 Å². The van der Waals surface area contributed by atoms with Crippen LogP contribution in [-0.2, 0) is 4.79 Å². The van der Waals surface area contributed by atoms with Crippen LogP contribution in [-0.4, -0.2) is 11.4 Å². The highest BCUT2D eigenvalue weighted by Gasteiger charge is 2.33. The van der Waals surface area contributed by atoms with E-state index in [4.69, 9.17) is 0 Å². The van der Waals surface area contributed by atoms with E-state index in [9.17, 15) is 9.90 Å². The summed E-state index contributed by atoms with van der Waals surface area (Å²) in [4.78, 5) is 11.2. The molecule has 0 saturated heterocycles. The van der Waals surface area contributed by atoms with E-state index in [0.29, 0.717) is 18.1 Å². The van der Waals surface area contributed by atoms with Gasteiger partial charge in [-0.25, -0.2) is 0 Å². The molecule has 1 aliphatic rings. The third-order valence-corrected chi connectivity index (χ3v) is 5.54. The van der Waals surface area contributed by atoms with Crippen molar-refractivity contribution in [2.45, 2.75) is 44.6 Å². The molecule has 0 radical (unpaired) electrons. The lowest BCUT2D eigenvalue weighted by atomic mass is 9.68. The average Bonchev–Trinajstić information content (AvgIpc) is 2.64. The summed E-state index contributed by atoms with van der Waals surface area (Å²) >= 11 is 0. The third kappa shape index (κ3) is 3.44. The highest BCUT2D eigenvalue weighted by atomic mass is 16.3. The number of rotatable bonds is 5. The summed E-state index contributed by atoms with van der Waals surface area (Å²) in [6.45, 7) is 2.35. The van der Waals surface area contributed by atoms with E-state index in [-0.39, 0.29) is 5.92 Å². The van der Waals surface area contributed by atoms with Gasteiger partial charge in [0.15, 0.2) is 6.29 Å². The Bertz CT molecular complexity index is 665. The molecule has 1 aliphatic carbocycles. The summed E-state index contributed by atoms with van der Waals surface area (Å²) in [7, 11) is 0. The molecule has 126 valence electrons. The molecule has 24 heavy (non-hydrogen) atoms. The highest BCUT2D eigenvalue weighted by Crippen LogP contribution is 2.44. The van der Waals surface area contributed by atoms with Gasteiger partial charge in [0, 0.05) is 5.92 Å². The molecule has 1 saturated carbocycles. The Morgan fingerprint density at radius 3 is 2.25 bits per heavy atom. The van der Waals surface area contributed by atoms with Crippen LogP contribution < -0.4 is 0 Å². The van der Waals surface area contributed by atoms with Gasteiger partial charge in [-0.2, -0.15) is 0 Å². The van der Waals surface area contributed by atoms with Crippen molar-refractivity contribution in [2.75, 3.05) is 0 Å². The topological polar surface area (TPSA) is 37.3 Å². The number of aliphatic hydroxyl groups excluding tert-OH is 1. The molecule has 0 aliphatic heterocycles. The highest BCUT2D eigenvalue weighted by molar-refractivity contribution is 5.61. The van der Waals surface area contributed by atoms with Crippen LogP contribution in [0.4, 0.5) is 0 Å². The molecule has 0 aromatic heterocycles. The van der Waals surface area contributed by atoms with Crippen molar-refractivity contribution in [3.8, 4) is 0 Å². The first-order valence-electron chi connectivity index (χ1n) is 8.99. The fourth-order valence-electron chi connectivity index (χ4n) is 4.29. The van der Waals surface area contributed by atoms with Crippen molar-refractivity contribution in [2.24, 2.45) is 11.8 Å². The fourth-order valence-corrected chi connectivity index (χ4v) is 4.29. The number of hydrogen-bond donors (Lipinski definition) is 1. The molecular formula is C22H26O2. The molecule has 2 nitrogen and oxygen atoms in total. The molecule has 2 heteroatoms. The molecule has 1 fully saturated rings. The molecule has 0 heterocycles. The number of carbonyl (C=O) groups excluding carboxylic acids is 1. The van der Waals surface area contributed by atoms with Crippen molar-refractivity contribution in [3.63, 3.8) is 0 Å². The Morgan fingerprint density at radius 1 is 0.958 bits per heavy atom. The molecule has 0 spiro atoms. The Labute approximate surface area is 144 Å². The number of aliphatic hydroxyl groups is 1. The van der Waals surface area contributed by atoms with Crippen LogP contribution >= 0.6 is 0 Å². The van der Waals surface area contributed by atoms with E-state index in [1.165, 1.54) is 31.2 Å². The van der Waals surface area contributed by atoms with Crippen LogP contribution in [0.2, 0.25) is 0 Å². The molecule has 4 unspecified atom stereocenters. The minimum atomic E-state index is -1.05. The zero-order valence-electron chi connectivity index (χ0n) is 14.3. The summed E-state index contributed by atoms with van der Waals surface area (Å²) in [5.74, 6) is 1.42.